The van der Waals surface area contributed by atoms with Gasteiger partial charge in [0.25, 0.3) is 5.91 Å². The summed E-state index contributed by atoms with van der Waals surface area (Å²) in [5.74, 6) is 0.0767. The van der Waals surface area contributed by atoms with Crippen LogP contribution in [-0.4, -0.2) is 50.9 Å². The van der Waals surface area contributed by atoms with Gasteiger partial charge in [-0.15, -0.1) is 0 Å². The Balaban J connectivity index is 1.90. The van der Waals surface area contributed by atoms with Crippen molar-refractivity contribution in [3.63, 3.8) is 0 Å². The van der Waals surface area contributed by atoms with E-state index < -0.39 is 10.0 Å². The second-order valence-corrected chi connectivity index (χ2v) is 9.20. The molecule has 1 aliphatic heterocycles. The first-order valence-electron chi connectivity index (χ1n) is 9.42. The lowest BCUT2D eigenvalue weighted by atomic mass is 10.2. The molecule has 1 fully saturated rings. The number of anilines is 1. The van der Waals surface area contributed by atoms with Crippen LogP contribution in [0.2, 0.25) is 5.02 Å². The Hall–Kier alpha value is -2.16. The number of carbonyl (C=O) groups excluding carboxylic acids is 1. The first-order chi connectivity index (χ1) is 13.8. The van der Waals surface area contributed by atoms with Crippen LogP contribution in [0.4, 0.5) is 5.69 Å². The highest BCUT2D eigenvalue weighted by molar-refractivity contribution is 7.89. The van der Waals surface area contributed by atoms with Crippen LogP contribution in [0.15, 0.2) is 41.4 Å². The zero-order valence-electron chi connectivity index (χ0n) is 16.5. The van der Waals surface area contributed by atoms with Crippen LogP contribution in [0.3, 0.4) is 0 Å². The fourth-order valence-corrected chi connectivity index (χ4v) is 5.28. The number of nitrogens with zero attached hydrogens (tertiary/aromatic N) is 3. The molecule has 0 bridgehead atoms. The molecule has 1 amide bonds. The highest BCUT2D eigenvalue weighted by Crippen LogP contribution is 2.28. The number of rotatable bonds is 5. The first kappa shape index (κ1) is 21.5. The molecule has 2 heterocycles. The summed E-state index contributed by atoms with van der Waals surface area (Å²) in [5, 5.41) is 0.111. The molecule has 0 saturated carbocycles. The van der Waals surface area contributed by atoms with Crippen LogP contribution in [0.1, 0.15) is 36.0 Å². The van der Waals surface area contributed by atoms with Crippen molar-refractivity contribution in [2.75, 3.05) is 32.1 Å². The van der Waals surface area contributed by atoms with Crippen LogP contribution < -0.4 is 9.64 Å². The number of sulfonamides is 1. The highest BCUT2D eigenvalue weighted by atomic mass is 35.5. The minimum atomic E-state index is -3.77. The van der Waals surface area contributed by atoms with Gasteiger partial charge in [0.05, 0.1) is 24.0 Å². The highest BCUT2D eigenvalue weighted by Gasteiger charge is 2.28. The quantitative estimate of drug-likeness (QED) is 0.714. The molecule has 0 spiro atoms. The van der Waals surface area contributed by atoms with Gasteiger partial charge in [0.15, 0.2) is 0 Å². The predicted octanol–water partition coefficient (Wildman–Crippen LogP) is 3.58. The number of methoxy groups -OCH3 is 1. The lowest BCUT2D eigenvalue weighted by Crippen LogP contribution is -2.32. The summed E-state index contributed by atoms with van der Waals surface area (Å²) in [5.41, 5.74) is 0.795. The van der Waals surface area contributed by atoms with Crippen LogP contribution in [0.25, 0.3) is 0 Å². The molecule has 0 atom stereocenters. The zero-order valence-corrected chi connectivity index (χ0v) is 18.0. The maximum Gasteiger partial charge on any atom is 0.258 e. The van der Waals surface area contributed by atoms with Gasteiger partial charge in [-0.05, 0) is 37.1 Å². The molecule has 1 aliphatic rings. The maximum absolute atomic E-state index is 13.1. The number of hydrogen-bond acceptors (Lipinski definition) is 5. The third-order valence-electron chi connectivity index (χ3n) is 4.98. The third kappa shape index (κ3) is 4.71. The second kappa shape index (κ2) is 9.11. The molecule has 156 valence electrons. The molecule has 1 aromatic heterocycles. The minimum absolute atomic E-state index is 0.0341. The number of halogens is 1. The summed E-state index contributed by atoms with van der Waals surface area (Å²) in [6.45, 7) is 0.933. The monoisotopic (exact) mass is 437 g/mol. The first-order valence-corrected chi connectivity index (χ1v) is 11.2. The summed E-state index contributed by atoms with van der Waals surface area (Å²) >= 11 is 6.22. The fraction of sp³-hybridized carbons (Fsp3) is 0.400. The molecule has 9 heteroatoms. The standard InChI is InChI=1S/C20H24ClN3O4S/c1-23(16-8-10-19(28-2)22-14-16)20(25)15-7-9-17(21)18(13-15)29(26,27)24-11-5-3-4-6-12-24/h7-10,13-14H,3-6,11-12H2,1-2H3. The lowest BCUT2D eigenvalue weighted by molar-refractivity contribution is 0.0992. The maximum atomic E-state index is 13.1. The summed E-state index contributed by atoms with van der Waals surface area (Å²) in [6, 6.07) is 7.70. The zero-order chi connectivity index (χ0) is 21.0. The van der Waals surface area contributed by atoms with E-state index in [1.807, 2.05) is 0 Å². The minimum Gasteiger partial charge on any atom is -0.481 e. The summed E-state index contributed by atoms with van der Waals surface area (Å²) < 4.78 is 32.8. The molecule has 0 unspecified atom stereocenters. The van der Waals surface area contributed by atoms with Crippen molar-refractivity contribution in [1.29, 1.82) is 0 Å². The van der Waals surface area contributed by atoms with Crippen molar-refractivity contribution in [3.8, 4) is 5.88 Å². The molecule has 2 aromatic rings. The SMILES string of the molecule is COc1ccc(N(C)C(=O)c2ccc(Cl)c(S(=O)(=O)N3CCCCCC3)c2)cn1. The number of ether oxygens (including phenoxy) is 1. The summed E-state index contributed by atoms with van der Waals surface area (Å²) in [6.07, 6.45) is 5.19. The van der Waals surface area contributed by atoms with E-state index in [0.29, 0.717) is 24.7 Å². The Morgan fingerprint density at radius 1 is 1.14 bits per heavy atom. The number of hydrogen-bond donors (Lipinski definition) is 0. The van der Waals surface area contributed by atoms with Gasteiger partial charge in [-0.2, -0.15) is 4.31 Å². The van der Waals surface area contributed by atoms with Crippen LogP contribution in [-0.2, 0) is 10.0 Å². The number of pyridine rings is 1. The fourth-order valence-electron chi connectivity index (χ4n) is 3.26. The third-order valence-corrected chi connectivity index (χ3v) is 7.36. The Labute approximate surface area is 176 Å². The van der Waals surface area contributed by atoms with Crippen LogP contribution in [0, 0.1) is 0 Å². The van der Waals surface area contributed by atoms with Gasteiger partial charge in [-0.3, -0.25) is 4.79 Å². The lowest BCUT2D eigenvalue weighted by Gasteiger charge is -2.22. The van der Waals surface area contributed by atoms with E-state index in [-0.39, 0.29) is 21.4 Å². The Morgan fingerprint density at radius 3 is 2.41 bits per heavy atom. The summed E-state index contributed by atoms with van der Waals surface area (Å²) in [7, 11) is -0.658. The molecule has 0 radical (unpaired) electrons. The van der Waals surface area contributed by atoms with Crippen molar-refractivity contribution in [1.82, 2.24) is 9.29 Å². The molecule has 0 aliphatic carbocycles. The van der Waals surface area contributed by atoms with E-state index in [1.54, 1.807) is 19.2 Å². The Bertz CT molecular complexity index is 972. The van der Waals surface area contributed by atoms with Crippen molar-refractivity contribution in [2.45, 2.75) is 30.6 Å². The number of carbonyl (C=O) groups is 1. The average molecular weight is 438 g/mol. The number of aromatic nitrogens is 1. The largest absolute Gasteiger partial charge is 0.481 e. The van der Waals surface area contributed by atoms with Gasteiger partial charge in [0, 0.05) is 31.8 Å². The topological polar surface area (TPSA) is 79.8 Å². The van der Waals surface area contributed by atoms with Gasteiger partial charge in [0.2, 0.25) is 15.9 Å². The molecule has 0 N–H and O–H groups in total. The van der Waals surface area contributed by atoms with E-state index >= 15 is 0 Å². The molecule has 1 saturated heterocycles. The van der Waals surface area contributed by atoms with E-state index in [0.717, 1.165) is 25.7 Å². The van der Waals surface area contributed by atoms with E-state index in [2.05, 4.69) is 4.98 Å². The van der Waals surface area contributed by atoms with E-state index in [4.69, 9.17) is 16.3 Å². The van der Waals surface area contributed by atoms with Crippen molar-refractivity contribution < 1.29 is 17.9 Å². The van der Waals surface area contributed by atoms with Gasteiger partial charge in [-0.25, -0.2) is 13.4 Å². The molecule has 29 heavy (non-hydrogen) atoms. The van der Waals surface area contributed by atoms with E-state index in [1.165, 1.54) is 40.7 Å². The van der Waals surface area contributed by atoms with Gasteiger partial charge < -0.3 is 9.64 Å². The average Bonchev–Trinajstić information content (AvgIpc) is 3.03. The predicted molar refractivity (Wildman–Crippen MR) is 112 cm³/mol. The van der Waals surface area contributed by atoms with Crippen molar-refractivity contribution in [2.24, 2.45) is 0 Å². The van der Waals surface area contributed by atoms with Crippen LogP contribution in [0.5, 0.6) is 5.88 Å². The smallest absolute Gasteiger partial charge is 0.258 e. The Kier molecular flexibility index (Phi) is 6.77. The van der Waals surface area contributed by atoms with Crippen LogP contribution >= 0.6 is 11.6 Å². The molecule has 7 nitrogen and oxygen atoms in total. The molecule has 3 rings (SSSR count). The normalized spacial score (nSPS) is 15.6. The Morgan fingerprint density at radius 2 is 1.83 bits per heavy atom. The van der Waals surface area contributed by atoms with Gasteiger partial charge >= 0.3 is 0 Å². The number of benzene rings is 1. The van der Waals surface area contributed by atoms with Gasteiger partial charge in [0.1, 0.15) is 4.90 Å². The second-order valence-electron chi connectivity index (χ2n) is 6.89. The van der Waals surface area contributed by atoms with Crippen molar-refractivity contribution in [3.05, 3.63) is 47.1 Å². The molecule has 1 aromatic carbocycles. The molecular weight excluding hydrogens is 414 g/mol. The number of amides is 1. The van der Waals surface area contributed by atoms with E-state index in [9.17, 15) is 13.2 Å². The van der Waals surface area contributed by atoms with Crippen molar-refractivity contribution >= 4 is 33.2 Å². The summed E-state index contributed by atoms with van der Waals surface area (Å²) in [4.78, 5) is 18.4. The van der Waals surface area contributed by atoms with Gasteiger partial charge in [-0.1, -0.05) is 24.4 Å². The molecular formula is C20H24ClN3O4S.